The Morgan fingerprint density at radius 3 is 1.77 bits per heavy atom. The number of ketones is 1. The fraction of sp³-hybridized carbons (Fsp3) is 0.810. The quantitative estimate of drug-likeness (QED) is 0.0126. The van der Waals surface area contributed by atoms with E-state index in [9.17, 15) is 19.0 Å². The van der Waals surface area contributed by atoms with E-state index < -0.39 is 13.9 Å². The number of allylic oxidation sites excluding steroid dienone is 5. The highest BCUT2D eigenvalue weighted by atomic mass is 31.2. The molecule has 2 atom stereocenters. The summed E-state index contributed by atoms with van der Waals surface area (Å²) in [5, 5.41) is 0. The van der Waals surface area contributed by atoms with Crippen molar-refractivity contribution in [2.75, 3.05) is 47.5 Å². The zero-order chi connectivity index (χ0) is 38.6. The number of nitrogens with zero attached hydrogens (tertiary/aromatic N) is 1. The molecule has 9 nitrogen and oxygen atoms in total. The second-order valence-electron chi connectivity index (χ2n) is 15.1. The second kappa shape index (κ2) is 35.0. The predicted octanol–water partition coefficient (Wildman–Crippen LogP) is 11.4. The van der Waals surface area contributed by atoms with Gasteiger partial charge in [-0.2, -0.15) is 0 Å². The molecule has 0 radical (unpaired) electrons. The summed E-state index contributed by atoms with van der Waals surface area (Å²) >= 11 is 0. The number of ether oxygens (including phenoxy) is 2. The van der Waals surface area contributed by atoms with Crippen molar-refractivity contribution >= 4 is 19.6 Å². The number of likely N-dealkylation sites (N-methyl/N-ethyl adjacent to an activating group) is 1. The number of hydrogen-bond donors (Lipinski definition) is 1. The minimum absolute atomic E-state index is 0.0756. The number of rotatable bonds is 38. The summed E-state index contributed by atoms with van der Waals surface area (Å²) in [6.45, 7) is 4.69. The molecule has 0 heterocycles. The molecule has 0 aromatic carbocycles. The van der Waals surface area contributed by atoms with Gasteiger partial charge in [-0.15, -0.1) is 0 Å². The number of hydrogen-bond acceptors (Lipinski definition) is 7. The van der Waals surface area contributed by atoms with Crippen molar-refractivity contribution in [3.05, 3.63) is 36.6 Å². The van der Waals surface area contributed by atoms with Gasteiger partial charge in [0.2, 0.25) is 0 Å². The molecule has 0 amide bonds. The Balaban J connectivity index is 4.38. The molecule has 0 aliphatic heterocycles. The van der Waals surface area contributed by atoms with E-state index in [0.717, 1.165) is 70.6 Å². The standard InChI is InChI=1S/C42H78NO8P/c1-6-8-10-11-12-13-14-15-16-17-21-24-27-31-36-48-41(39-51-52(46,47)50-37-35-43(3,4)5)38-49-42(45)34-30-26-23-20-18-19-22-25-29-33-40(44)32-28-9-7-2/h22,25,29,31,33,36,41H,6-21,23-24,26-28,30,32,34-35,37-39H2,1-5H3/p+1/b25-22-,33-29+,36-31+/t41-/m1/s1. The van der Waals surface area contributed by atoms with Crippen LogP contribution in [0.1, 0.15) is 168 Å². The van der Waals surface area contributed by atoms with Crippen LogP contribution in [0.4, 0.5) is 0 Å². The van der Waals surface area contributed by atoms with E-state index in [1.807, 2.05) is 39.4 Å². The van der Waals surface area contributed by atoms with Crippen LogP contribution in [0.25, 0.3) is 0 Å². The Hall–Kier alpha value is -1.77. The lowest BCUT2D eigenvalue weighted by atomic mass is 10.0. The summed E-state index contributed by atoms with van der Waals surface area (Å²) in [6, 6.07) is 0. The van der Waals surface area contributed by atoms with Crippen LogP contribution in [0.5, 0.6) is 0 Å². The van der Waals surface area contributed by atoms with Crippen LogP contribution >= 0.6 is 7.82 Å². The number of phosphoric acid groups is 1. The Morgan fingerprint density at radius 2 is 1.17 bits per heavy atom. The lowest BCUT2D eigenvalue weighted by Gasteiger charge is -2.24. The predicted molar refractivity (Wildman–Crippen MR) is 215 cm³/mol. The van der Waals surface area contributed by atoms with Crippen LogP contribution in [0.2, 0.25) is 0 Å². The first-order chi connectivity index (χ1) is 25.0. The largest absolute Gasteiger partial charge is 0.492 e. The van der Waals surface area contributed by atoms with Gasteiger partial charge in [0.15, 0.2) is 11.9 Å². The Morgan fingerprint density at radius 1 is 0.654 bits per heavy atom. The Labute approximate surface area is 319 Å². The van der Waals surface area contributed by atoms with Gasteiger partial charge in [0, 0.05) is 12.8 Å². The molecule has 0 spiro atoms. The molecular weight excluding hydrogens is 677 g/mol. The first-order valence-electron chi connectivity index (χ1n) is 20.7. The summed E-state index contributed by atoms with van der Waals surface area (Å²) in [5.74, 6) is -0.128. The molecule has 52 heavy (non-hydrogen) atoms. The zero-order valence-corrected chi connectivity index (χ0v) is 34.9. The average Bonchev–Trinajstić information content (AvgIpc) is 3.09. The van der Waals surface area contributed by atoms with Crippen molar-refractivity contribution in [2.45, 2.75) is 174 Å². The van der Waals surface area contributed by atoms with E-state index in [1.165, 1.54) is 70.6 Å². The Bertz CT molecular complexity index is 991. The monoisotopic (exact) mass is 757 g/mol. The van der Waals surface area contributed by atoms with Gasteiger partial charge < -0.3 is 18.9 Å². The summed E-state index contributed by atoms with van der Waals surface area (Å²) in [5.41, 5.74) is 0. The minimum atomic E-state index is -4.28. The van der Waals surface area contributed by atoms with Crippen LogP contribution < -0.4 is 0 Å². The lowest BCUT2D eigenvalue weighted by molar-refractivity contribution is -0.870. The molecule has 0 rings (SSSR count). The van der Waals surface area contributed by atoms with Crippen LogP contribution in [0.3, 0.4) is 0 Å². The van der Waals surface area contributed by atoms with E-state index in [2.05, 4.69) is 19.9 Å². The van der Waals surface area contributed by atoms with Crippen molar-refractivity contribution in [3.63, 3.8) is 0 Å². The highest BCUT2D eigenvalue weighted by Gasteiger charge is 2.25. The maximum atomic E-state index is 12.4. The van der Waals surface area contributed by atoms with Crippen LogP contribution in [-0.4, -0.2) is 74.7 Å². The van der Waals surface area contributed by atoms with Crippen LogP contribution in [0.15, 0.2) is 36.6 Å². The number of esters is 1. The number of carbonyl (C=O) groups excluding carboxylic acids is 2. The molecule has 0 aliphatic carbocycles. The number of phosphoric ester groups is 1. The minimum Gasteiger partial charge on any atom is -0.492 e. The third kappa shape index (κ3) is 38.0. The fourth-order valence-electron chi connectivity index (χ4n) is 5.40. The molecule has 304 valence electrons. The van der Waals surface area contributed by atoms with Gasteiger partial charge in [-0.05, 0) is 50.7 Å². The van der Waals surface area contributed by atoms with Crippen molar-refractivity contribution in [1.82, 2.24) is 0 Å². The van der Waals surface area contributed by atoms with E-state index >= 15 is 0 Å². The number of carbonyl (C=O) groups is 2. The molecule has 0 bridgehead atoms. The van der Waals surface area contributed by atoms with Crippen molar-refractivity contribution in [1.29, 1.82) is 0 Å². The van der Waals surface area contributed by atoms with Gasteiger partial charge in [0.05, 0.1) is 34.0 Å². The first-order valence-corrected chi connectivity index (χ1v) is 22.2. The zero-order valence-electron chi connectivity index (χ0n) is 34.0. The van der Waals surface area contributed by atoms with Gasteiger partial charge in [-0.1, -0.05) is 135 Å². The summed E-state index contributed by atoms with van der Waals surface area (Å²) in [4.78, 5) is 34.3. The molecule has 1 N–H and O–H groups in total. The summed E-state index contributed by atoms with van der Waals surface area (Å²) in [7, 11) is 1.62. The van der Waals surface area contributed by atoms with Crippen LogP contribution in [-0.2, 0) is 32.7 Å². The summed E-state index contributed by atoms with van der Waals surface area (Å²) < 4.78 is 34.6. The third-order valence-electron chi connectivity index (χ3n) is 8.77. The molecule has 0 aromatic heterocycles. The Kier molecular flexibility index (Phi) is 33.8. The maximum Gasteiger partial charge on any atom is 0.472 e. The highest BCUT2D eigenvalue weighted by molar-refractivity contribution is 7.47. The van der Waals surface area contributed by atoms with Crippen molar-refractivity contribution < 1.29 is 42.1 Å². The molecule has 1 unspecified atom stereocenters. The molecule has 0 aliphatic rings. The van der Waals surface area contributed by atoms with E-state index in [-0.39, 0.29) is 31.6 Å². The topological polar surface area (TPSA) is 108 Å². The molecule has 0 saturated heterocycles. The molecular formula is C42H79NO8P+. The SMILES string of the molecule is CCCCCCCCCCCCCC/C=C/O[C@H](COC(=O)CCCCCCC/C=C\C=C\C(=O)CCCCC)COP(=O)(O)OCC[N+](C)(C)C. The van der Waals surface area contributed by atoms with Gasteiger partial charge in [-0.25, -0.2) is 4.57 Å². The molecule has 0 fully saturated rings. The van der Waals surface area contributed by atoms with Gasteiger partial charge >= 0.3 is 13.8 Å². The summed E-state index contributed by atoms with van der Waals surface area (Å²) in [6.07, 6.45) is 36.8. The molecule has 10 heteroatoms. The second-order valence-corrected chi connectivity index (χ2v) is 16.6. The normalized spacial score (nSPS) is 14.0. The van der Waals surface area contributed by atoms with Crippen molar-refractivity contribution in [3.8, 4) is 0 Å². The van der Waals surface area contributed by atoms with Crippen molar-refractivity contribution in [2.24, 2.45) is 0 Å². The number of unbranched alkanes of at least 4 members (excludes halogenated alkanes) is 19. The average molecular weight is 757 g/mol. The van der Waals surface area contributed by atoms with Crippen LogP contribution in [0, 0.1) is 0 Å². The maximum absolute atomic E-state index is 12.4. The van der Waals surface area contributed by atoms with Gasteiger partial charge in [0.1, 0.15) is 19.8 Å². The van der Waals surface area contributed by atoms with E-state index in [4.69, 9.17) is 18.5 Å². The third-order valence-corrected chi connectivity index (χ3v) is 9.75. The fourth-order valence-corrected chi connectivity index (χ4v) is 6.14. The molecule has 0 aromatic rings. The van der Waals surface area contributed by atoms with E-state index in [0.29, 0.717) is 23.9 Å². The van der Waals surface area contributed by atoms with E-state index in [1.54, 1.807) is 12.3 Å². The first kappa shape index (κ1) is 50.2. The smallest absolute Gasteiger partial charge is 0.472 e. The van der Waals surface area contributed by atoms with Gasteiger partial charge in [-0.3, -0.25) is 18.6 Å². The lowest BCUT2D eigenvalue weighted by Crippen LogP contribution is -2.37. The molecule has 0 saturated carbocycles. The highest BCUT2D eigenvalue weighted by Crippen LogP contribution is 2.43. The number of quaternary nitrogens is 1. The van der Waals surface area contributed by atoms with Gasteiger partial charge in [0.25, 0.3) is 0 Å².